The standard InChI is InChI=1S/C18H13BrF2N2O5/c1-10(18(25)22-13-4-6-15(21)16(9-13)23(26)27)28-17(24)7-2-11-8-12(19)3-5-14(11)20/h2-10H,1H3,(H,22,25)/b7-2+. The molecule has 0 aromatic heterocycles. The molecule has 0 aliphatic heterocycles. The van der Waals surface area contributed by atoms with Crippen LogP contribution in [0, 0.1) is 21.7 Å². The third-order valence-electron chi connectivity index (χ3n) is 3.43. The van der Waals surface area contributed by atoms with Gasteiger partial charge in [-0.15, -0.1) is 0 Å². The molecule has 7 nitrogen and oxygen atoms in total. The summed E-state index contributed by atoms with van der Waals surface area (Å²) in [6.45, 7) is 1.28. The summed E-state index contributed by atoms with van der Waals surface area (Å²) >= 11 is 3.18. The lowest BCUT2D eigenvalue weighted by Crippen LogP contribution is -2.29. The Labute approximate surface area is 166 Å². The van der Waals surface area contributed by atoms with Crippen LogP contribution in [0.4, 0.5) is 20.2 Å². The van der Waals surface area contributed by atoms with E-state index in [1.165, 1.54) is 31.2 Å². The smallest absolute Gasteiger partial charge is 0.331 e. The Kier molecular flexibility index (Phi) is 6.94. The topological polar surface area (TPSA) is 98.5 Å². The monoisotopic (exact) mass is 454 g/mol. The molecule has 0 spiro atoms. The molecule has 1 N–H and O–H groups in total. The number of rotatable bonds is 6. The van der Waals surface area contributed by atoms with Crippen molar-refractivity contribution in [3.05, 3.63) is 74.3 Å². The molecule has 0 bridgehead atoms. The number of ether oxygens (including phenoxy) is 1. The quantitative estimate of drug-likeness (QED) is 0.305. The van der Waals surface area contributed by atoms with E-state index in [1.54, 1.807) is 0 Å². The summed E-state index contributed by atoms with van der Waals surface area (Å²) < 4.78 is 32.4. The number of halogens is 3. The van der Waals surface area contributed by atoms with Gasteiger partial charge in [-0.1, -0.05) is 15.9 Å². The number of carbonyl (C=O) groups is 2. The van der Waals surface area contributed by atoms with Crippen molar-refractivity contribution < 1.29 is 28.0 Å². The van der Waals surface area contributed by atoms with Crippen LogP contribution in [-0.2, 0) is 14.3 Å². The molecule has 0 radical (unpaired) electrons. The van der Waals surface area contributed by atoms with E-state index in [4.69, 9.17) is 4.74 Å². The van der Waals surface area contributed by atoms with Gasteiger partial charge in [0.2, 0.25) is 5.82 Å². The number of hydrogen-bond donors (Lipinski definition) is 1. The van der Waals surface area contributed by atoms with Crippen molar-refractivity contribution in [2.45, 2.75) is 13.0 Å². The summed E-state index contributed by atoms with van der Waals surface area (Å²) in [5.74, 6) is -3.27. The number of anilines is 1. The van der Waals surface area contributed by atoms with Crippen LogP contribution in [0.3, 0.4) is 0 Å². The molecule has 0 saturated carbocycles. The van der Waals surface area contributed by atoms with Gasteiger partial charge in [0.1, 0.15) is 5.82 Å². The van der Waals surface area contributed by atoms with Crippen LogP contribution in [-0.4, -0.2) is 22.9 Å². The van der Waals surface area contributed by atoms with Crippen molar-refractivity contribution in [1.82, 2.24) is 0 Å². The summed E-state index contributed by atoms with van der Waals surface area (Å²) in [6, 6.07) is 6.98. The first-order valence-electron chi connectivity index (χ1n) is 7.76. The number of nitrogens with one attached hydrogen (secondary N) is 1. The number of nitrogens with zero attached hydrogens (tertiary/aromatic N) is 1. The minimum atomic E-state index is -1.26. The summed E-state index contributed by atoms with van der Waals surface area (Å²) in [5.41, 5.74) is -0.698. The van der Waals surface area contributed by atoms with Crippen molar-refractivity contribution in [3.8, 4) is 0 Å². The lowest BCUT2D eigenvalue weighted by Gasteiger charge is -2.12. The molecule has 10 heteroatoms. The van der Waals surface area contributed by atoms with Crippen LogP contribution >= 0.6 is 15.9 Å². The Morgan fingerprint density at radius 1 is 1.21 bits per heavy atom. The van der Waals surface area contributed by atoms with Crippen molar-refractivity contribution in [1.29, 1.82) is 0 Å². The Hall–Kier alpha value is -3.14. The normalized spacial score (nSPS) is 11.9. The predicted octanol–water partition coefficient (Wildman–Crippen LogP) is 4.22. The first kappa shape index (κ1) is 21.2. The molecular weight excluding hydrogens is 442 g/mol. The van der Waals surface area contributed by atoms with E-state index in [1.807, 2.05) is 0 Å². The number of nitro groups is 1. The Balaban J connectivity index is 1.99. The van der Waals surface area contributed by atoms with E-state index in [0.717, 1.165) is 24.3 Å². The Bertz CT molecular complexity index is 965. The van der Waals surface area contributed by atoms with Gasteiger partial charge >= 0.3 is 11.7 Å². The predicted molar refractivity (Wildman–Crippen MR) is 100 cm³/mol. The largest absolute Gasteiger partial charge is 0.449 e. The van der Waals surface area contributed by atoms with Gasteiger partial charge in [-0.25, -0.2) is 9.18 Å². The first-order chi connectivity index (χ1) is 13.2. The molecular formula is C18H13BrF2N2O5. The van der Waals surface area contributed by atoms with E-state index >= 15 is 0 Å². The van der Waals surface area contributed by atoms with Gasteiger partial charge in [0, 0.05) is 27.9 Å². The Morgan fingerprint density at radius 3 is 2.57 bits per heavy atom. The SMILES string of the molecule is CC(OC(=O)/C=C/c1cc(Br)ccc1F)C(=O)Nc1ccc(F)c([N+](=O)[O-])c1. The average Bonchev–Trinajstić information content (AvgIpc) is 2.63. The Morgan fingerprint density at radius 2 is 1.89 bits per heavy atom. The zero-order valence-corrected chi connectivity index (χ0v) is 15.9. The molecule has 0 heterocycles. The van der Waals surface area contributed by atoms with Crippen molar-refractivity contribution in [3.63, 3.8) is 0 Å². The molecule has 28 heavy (non-hydrogen) atoms. The molecule has 1 atom stereocenters. The second-order valence-electron chi connectivity index (χ2n) is 5.49. The molecule has 2 aromatic carbocycles. The van der Waals surface area contributed by atoms with Crippen molar-refractivity contribution in [2.75, 3.05) is 5.32 Å². The molecule has 0 fully saturated rings. The molecule has 0 aliphatic carbocycles. The van der Waals surface area contributed by atoms with Gasteiger partial charge in [0.05, 0.1) is 4.92 Å². The summed E-state index contributed by atoms with van der Waals surface area (Å²) in [4.78, 5) is 33.6. The highest BCUT2D eigenvalue weighted by molar-refractivity contribution is 9.10. The summed E-state index contributed by atoms with van der Waals surface area (Å²) in [7, 11) is 0. The third kappa shape index (κ3) is 5.68. The highest BCUT2D eigenvalue weighted by atomic mass is 79.9. The lowest BCUT2D eigenvalue weighted by molar-refractivity contribution is -0.387. The third-order valence-corrected chi connectivity index (χ3v) is 3.92. The molecule has 1 amide bonds. The molecule has 146 valence electrons. The lowest BCUT2D eigenvalue weighted by atomic mass is 10.2. The number of carbonyl (C=O) groups excluding carboxylic acids is 2. The molecule has 0 saturated heterocycles. The summed E-state index contributed by atoms with van der Waals surface area (Å²) in [5, 5.41) is 13.0. The van der Waals surface area contributed by atoms with Gasteiger partial charge < -0.3 is 10.1 Å². The van der Waals surface area contributed by atoms with Crippen LogP contribution in [0.15, 0.2) is 46.9 Å². The van der Waals surface area contributed by atoms with E-state index in [9.17, 15) is 28.5 Å². The number of esters is 1. The van der Waals surface area contributed by atoms with E-state index in [2.05, 4.69) is 21.2 Å². The molecule has 2 rings (SSSR count). The zero-order valence-electron chi connectivity index (χ0n) is 14.3. The van der Waals surface area contributed by atoms with Gasteiger partial charge in [0.25, 0.3) is 5.91 Å². The maximum Gasteiger partial charge on any atom is 0.331 e. The first-order valence-corrected chi connectivity index (χ1v) is 8.55. The van der Waals surface area contributed by atoms with Crippen LogP contribution in [0.2, 0.25) is 0 Å². The van der Waals surface area contributed by atoms with E-state index in [-0.39, 0.29) is 11.3 Å². The second-order valence-corrected chi connectivity index (χ2v) is 6.41. The van der Waals surface area contributed by atoms with Crippen molar-refractivity contribution >= 4 is 45.3 Å². The van der Waals surface area contributed by atoms with Crippen LogP contribution in [0.5, 0.6) is 0 Å². The molecule has 0 aliphatic rings. The minimum absolute atomic E-state index is 0.0345. The van der Waals surface area contributed by atoms with Crippen molar-refractivity contribution in [2.24, 2.45) is 0 Å². The fraction of sp³-hybridized carbons (Fsp3) is 0.111. The van der Waals surface area contributed by atoms with Gasteiger partial charge in [-0.3, -0.25) is 14.9 Å². The molecule has 1 unspecified atom stereocenters. The second kappa shape index (κ2) is 9.18. The maximum absolute atomic E-state index is 13.6. The van der Waals surface area contributed by atoms with Crippen LogP contribution in [0.25, 0.3) is 6.08 Å². The number of nitro benzene ring substituents is 1. The van der Waals surface area contributed by atoms with Gasteiger partial charge in [-0.05, 0) is 43.3 Å². The summed E-state index contributed by atoms with van der Waals surface area (Å²) in [6.07, 6.45) is 0.891. The fourth-order valence-corrected chi connectivity index (χ4v) is 2.42. The van der Waals surface area contributed by atoms with Gasteiger partial charge in [0.15, 0.2) is 6.10 Å². The number of benzene rings is 2. The van der Waals surface area contributed by atoms with Crippen LogP contribution < -0.4 is 5.32 Å². The fourth-order valence-electron chi connectivity index (χ4n) is 2.04. The van der Waals surface area contributed by atoms with E-state index in [0.29, 0.717) is 4.47 Å². The maximum atomic E-state index is 13.6. The zero-order chi connectivity index (χ0) is 20.8. The highest BCUT2D eigenvalue weighted by Crippen LogP contribution is 2.22. The van der Waals surface area contributed by atoms with E-state index < -0.39 is 40.2 Å². The highest BCUT2D eigenvalue weighted by Gasteiger charge is 2.19. The van der Waals surface area contributed by atoms with Gasteiger partial charge in [-0.2, -0.15) is 4.39 Å². The number of hydrogen-bond acceptors (Lipinski definition) is 5. The van der Waals surface area contributed by atoms with Crippen LogP contribution in [0.1, 0.15) is 12.5 Å². The average molecular weight is 455 g/mol. The molecule has 2 aromatic rings. The minimum Gasteiger partial charge on any atom is -0.449 e. The number of amides is 1.